The van der Waals surface area contributed by atoms with Crippen LogP contribution in [0.4, 0.5) is 0 Å². The van der Waals surface area contributed by atoms with Gasteiger partial charge in [-0.3, -0.25) is 0 Å². The Hall–Kier alpha value is -1.68. The van der Waals surface area contributed by atoms with Crippen molar-refractivity contribution in [3.63, 3.8) is 0 Å². The van der Waals surface area contributed by atoms with Crippen LogP contribution in [0.1, 0.15) is 0 Å². The fourth-order valence-electron chi connectivity index (χ4n) is 1.58. The summed E-state index contributed by atoms with van der Waals surface area (Å²) in [6.45, 7) is 0. The van der Waals surface area contributed by atoms with Gasteiger partial charge in [0.05, 0.1) is 10.1 Å². The summed E-state index contributed by atoms with van der Waals surface area (Å²) in [6, 6.07) is 5.51. The summed E-state index contributed by atoms with van der Waals surface area (Å²) in [7, 11) is 0. The molecule has 14 heavy (non-hydrogen) atoms. The normalized spacial score (nSPS) is 11.1. The van der Waals surface area contributed by atoms with Gasteiger partial charge in [-0.15, -0.1) is 11.3 Å². The van der Waals surface area contributed by atoms with E-state index in [1.54, 1.807) is 17.4 Å². The minimum Gasteiger partial charge on any atom is -0.618 e. The maximum absolute atomic E-state index is 11.6. The van der Waals surface area contributed by atoms with Crippen LogP contribution in [0, 0.1) is 5.21 Å². The number of fused-ring (bicyclic) bond motifs is 3. The predicted octanol–water partition coefficient (Wildman–Crippen LogP) is 2.08. The molecule has 0 unspecified atom stereocenters. The van der Waals surface area contributed by atoms with Gasteiger partial charge in [0.2, 0.25) is 0 Å². The third kappa shape index (κ3) is 0.914. The lowest BCUT2D eigenvalue weighted by atomic mass is 10.2. The van der Waals surface area contributed by atoms with Crippen LogP contribution < -0.4 is 4.73 Å². The molecular weight excluding hydrogens is 196 g/mol. The van der Waals surface area contributed by atoms with Crippen molar-refractivity contribution in [3.8, 4) is 0 Å². The average molecular weight is 202 g/mol. The molecule has 3 aromatic heterocycles. The Bertz CT molecular complexity index is 618. The molecule has 3 nitrogen and oxygen atoms in total. The van der Waals surface area contributed by atoms with E-state index in [2.05, 4.69) is 4.98 Å². The lowest BCUT2D eigenvalue weighted by Gasteiger charge is -2.00. The van der Waals surface area contributed by atoms with Gasteiger partial charge < -0.3 is 5.21 Å². The molecule has 0 bridgehead atoms. The highest BCUT2D eigenvalue weighted by molar-refractivity contribution is 7.17. The Balaban J connectivity index is 2.67. The van der Waals surface area contributed by atoms with Crippen molar-refractivity contribution in [2.24, 2.45) is 0 Å². The van der Waals surface area contributed by atoms with E-state index in [1.807, 2.05) is 23.7 Å². The number of aromatic nitrogens is 2. The van der Waals surface area contributed by atoms with Crippen LogP contribution in [0.15, 0.2) is 36.0 Å². The smallest absolute Gasteiger partial charge is 0.251 e. The first-order valence-corrected chi connectivity index (χ1v) is 5.08. The maximum atomic E-state index is 11.6. The summed E-state index contributed by atoms with van der Waals surface area (Å²) in [5.74, 6) is 0. The van der Waals surface area contributed by atoms with Gasteiger partial charge in [-0.1, -0.05) is 0 Å². The van der Waals surface area contributed by atoms with Crippen LogP contribution in [-0.4, -0.2) is 4.98 Å². The molecule has 0 amide bonds. The standard InChI is InChI=1S/C10H6N2OS/c13-12-4-1-2-8-10(12)7-3-5-14-9(7)6-11-8/h1-6H. The van der Waals surface area contributed by atoms with Gasteiger partial charge >= 0.3 is 0 Å². The number of hydrogen-bond acceptors (Lipinski definition) is 3. The zero-order valence-corrected chi connectivity index (χ0v) is 7.99. The maximum Gasteiger partial charge on any atom is 0.251 e. The first-order valence-electron chi connectivity index (χ1n) is 4.20. The third-order valence-corrected chi connectivity index (χ3v) is 3.06. The molecular formula is C10H6N2OS. The molecule has 0 spiro atoms. The van der Waals surface area contributed by atoms with Gasteiger partial charge in [0.25, 0.3) is 5.52 Å². The van der Waals surface area contributed by atoms with Crippen molar-refractivity contribution in [2.75, 3.05) is 0 Å². The molecule has 68 valence electrons. The molecule has 0 aromatic carbocycles. The highest BCUT2D eigenvalue weighted by Gasteiger charge is 2.09. The molecule has 0 N–H and O–H groups in total. The van der Waals surface area contributed by atoms with Gasteiger partial charge in [0.15, 0.2) is 6.20 Å². The van der Waals surface area contributed by atoms with E-state index in [9.17, 15) is 5.21 Å². The lowest BCUT2D eigenvalue weighted by molar-refractivity contribution is -0.576. The molecule has 3 heterocycles. The van der Waals surface area contributed by atoms with Crippen molar-refractivity contribution in [1.29, 1.82) is 0 Å². The van der Waals surface area contributed by atoms with E-state index in [1.165, 1.54) is 6.20 Å². The van der Waals surface area contributed by atoms with E-state index in [0.717, 1.165) is 20.3 Å². The summed E-state index contributed by atoms with van der Waals surface area (Å²) in [6.07, 6.45) is 3.31. The van der Waals surface area contributed by atoms with Crippen molar-refractivity contribution in [1.82, 2.24) is 4.98 Å². The molecule has 3 rings (SSSR count). The van der Waals surface area contributed by atoms with Crippen LogP contribution >= 0.6 is 11.3 Å². The van der Waals surface area contributed by atoms with Crippen molar-refractivity contribution in [2.45, 2.75) is 0 Å². The van der Waals surface area contributed by atoms with E-state index >= 15 is 0 Å². The SMILES string of the molecule is [O-][n+]1cccc2ncc3sccc3c21. The van der Waals surface area contributed by atoms with Crippen LogP contribution in [0.2, 0.25) is 0 Å². The lowest BCUT2D eigenvalue weighted by Crippen LogP contribution is -2.26. The van der Waals surface area contributed by atoms with E-state index < -0.39 is 0 Å². The second kappa shape index (κ2) is 2.65. The van der Waals surface area contributed by atoms with Gasteiger partial charge in [-0.2, -0.15) is 4.73 Å². The van der Waals surface area contributed by atoms with Gasteiger partial charge in [-0.05, 0) is 17.5 Å². The molecule has 0 saturated heterocycles. The topological polar surface area (TPSA) is 39.8 Å². The Morgan fingerprint density at radius 3 is 3.21 bits per heavy atom. The highest BCUT2D eigenvalue weighted by Crippen LogP contribution is 2.24. The zero-order valence-electron chi connectivity index (χ0n) is 7.18. The van der Waals surface area contributed by atoms with Crippen molar-refractivity contribution >= 4 is 32.5 Å². The van der Waals surface area contributed by atoms with E-state index in [0.29, 0.717) is 5.52 Å². The van der Waals surface area contributed by atoms with Gasteiger partial charge in [0.1, 0.15) is 5.52 Å². The molecule has 0 fully saturated rings. The first-order chi connectivity index (χ1) is 6.86. The molecule has 0 saturated carbocycles. The number of rotatable bonds is 0. The van der Waals surface area contributed by atoms with Crippen LogP contribution in [0.5, 0.6) is 0 Å². The van der Waals surface area contributed by atoms with Crippen LogP contribution in [0.3, 0.4) is 0 Å². The monoisotopic (exact) mass is 202 g/mol. The number of thiophene rings is 1. The quantitative estimate of drug-likeness (QED) is 0.413. The summed E-state index contributed by atoms with van der Waals surface area (Å²) < 4.78 is 1.92. The zero-order chi connectivity index (χ0) is 9.54. The highest BCUT2D eigenvalue weighted by atomic mass is 32.1. The third-order valence-electron chi connectivity index (χ3n) is 2.21. The number of nitrogens with zero attached hydrogens (tertiary/aromatic N) is 2. The Kier molecular flexibility index (Phi) is 1.46. The molecule has 0 aliphatic rings. The molecule has 4 heteroatoms. The summed E-state index contributed by atoms with van der Waals surface area (Å²) >= 11 is 1.60. The molecule has 0 aliphatic carbocycles. The number of hydrogen-bond donors (Lipinski definition) is 0. The largest absolute Gasteiger partial charge is 0.618 e. The van der Waals surface area contributed by atoms with Gasteiger partial charge in [0, 0.05) is 12.3 Å². The molecule has 3 aromatic rings. The predicted molar refractivity (Wildman–Crippen MR) is 56.1 cm³/mol. The molecule has 0 atom stereocenters. The minimum atomic E-state index is 0.659. The first kappa shape index (κ1) is 7.70. The summed E-state index contributed by atoms with van der Waals surface area (Å²) in [5.41, 5.74) is 1.40. The van der Waals surface area contributed by atoms with Gasteiger partial charge in [-0.25, -0.2) is 4.98 Å². The fraction of sp³-hybridized carbons (Fsp3) is 0. The average Bonchev–Trinajstić information content (AvgIpc) is 2.65. The van der Waals surface area contributed by atoms with Crippen LogP contribution in [-0.2, 0) is 0 Å². The van der Waals surface area contributed by atoms with Crippen LogP contribution in [0.25, 0.3) is 21.1 Å². The van der Waals surface area contributed by atoms with E-state index in [4.69, 9.17) is 0 Å². The molecule has 0 radical (unpaired) electrons. The Morgan fingerprint density at radius 1 is 1.36 bits per heavy atom. The molecule has 0 aliphatic heterocycles. The van der Waals surface area contributed by atoms with Crippen molar-refractivity contribution in [3.05, 3.63) is 41.2 Å². The van der Waals surface area contributed by atoms with E-state index in [-0.39, 0.29) is 0 Å². The second-order valence-corrected chi connectivity index (χ2v) is 3.97. The fourth-order valence-corrected chi connectivity index (χ4v) is 2.34. The van der Waals surface area contributed by atoms with Crippen molar-refractivity contribution < 1.29 is 4.73 Å². The summed E-state index contributed by atoms with van der Waals surface area (Å²) in [5, 5.41) is 14.5. The number of pyridine rings is 2. The summed E-state index contributed by atoms with van der Waals surface area (Å²) in [4.78, 5) is 4.23. The minimum absolute atomic E-state index is 0.659. The Labute approximate surface area is 83.8 Å². The Morgan fingerprint density at radius 2 is 2.29 bits per heavy atom. The second-order valence-electron chi connectivity index (χ2n) is 3.02.